The molecule has 0 bridgehead atoms. The van der Waals surface area contributed by atoms with E-state index in [2.05, 4.69) is 18.2 Å². The van der Waals surface area contributed by atoms with E-state index in [1.54, 1.807) is 0 Å². The molecule has 3 aromatic carbocycles. The lowest BCUT2D eigenvalue weighted by molar-refractivity contribution is 0.457. The minimum absolute atomic E-state index is 0.651. The maximum absolute atomic E-state index is 8.82. The molecule has 3 rings (SSSR count). The van der Waals surface area contributed by atoms with E-state index in [9.17, 15) is 0 Å². The standard InChI is InChI=1S/C16H12BO2/c18-17-19-16-11-10-13(12-6-2-1-3-7-12)14-8-4-5-9-15(14)16/h1-11,18H. The Hall–Kier alpha value is -2.26. The molecule has 0 aliphatic rings. The highest BCUT2D eigenvalue weighted by molar-refractivity contribution is 6.18. The zero-order valence-electron chi connectivity index (χ0n) is 10.3. The molecule has 0 atom stereocenters. The van der Waals surface area contributed by atoms with E-state index in [1.165, 1.54) is 5.56 Å². The fraction of sp³-hybridized carbons (Fsp3) is 0. The fourth-order valence-corrected chi connectivity index (χ4v) is 2.30. The van der Waals surface area contributed by atoms with Crippen molar-refractivity contribution in [2.45, 2.75) is 0 Å². The summed E-state index contributed by atoms with van der Waals surface area (Å²) in [4.78, 5) is 0. The predicted molar refractivity (Wildman–Crippen MR) is 78.0 cm³/mol. The molecular weight excluding hydrogens is 235 g/mol. The third kappa shape index (κ3) is 2.20. The second-order valence-corrected chi connectivity index (χ2v) is 4.25. The van der Waals surface area contributed by atoms with Gasteiger partial charge in [-0.25, -0.2) is 0 Å². The van der Waals surface area contributed by atoms with Gasteiger partial charge in [0, 0.05) is 5.39 Å². The molecule has 0 aromatic heterocycles. The molecule has 0 amide bonds. The van der Waals surface area contributed by atoms with E-state index in [0.717, 1.165) is 16.3 Å². The van der Waals surface area contributed by atoms with Crippen LogP contribution in [0, 0.1) is 0 Å². The summed E-state index contributed by atoms with van der Waals surface area (Å²) in [7, 11) is 0.712. The van der Waals surface area contributed by atoms with Gasteiger partial charge in [0.2, 0.25) is 0 Å². The average Bonchev–Trinajstić information content (AvgIpc) is 2.49. The van der Waals surface area contributed by atoms with Gasteiger partial charge in [-0.2, -0.15) is 0 Å². The van der Waals surface area contributed by atoms with Crippen LogP contribution in [0.5, 0.6) is 5.75 Å². The van der Waals surface area contributed by atoms with Gasteiger partial charge in [0.15, 0.2) is 0 Å². The van der Waals surface area contributed by atoms with Crippen LogP contribution in [0.4, 0.5) is 0 Å². The molecule has 2 nitrogen and oxygen atoms in total. The summed E-state index contributed by atoms with van der Waals surface area (Å²) < 4.78 is 5.14. The molecule has 0 fully saturated rings. The minimum Gasteiger partial charge on any atom is -0.537 e. The summed E-state index contributed by atoms with van der Waals surface area (Å²) in [5.74, 6) is 0.651. The van der Waals surface area contributed by atoms with Crippen LogP contribution in [0.25, 0.3) is 21.9 Å². The van der Waals surface area contributed by atoms with Gasteiger partial charge >= 0.3 is 7.69 Å². The summed E-state index contributed by atoms with van der Waals surface area (Å²) in [6.07, 6.45) is 0. The molecule has 1 radical (unpaired) electrons. The van der Waals surface area contributed by atoms with Crippen molar-refractivity contribution in [3.8, 4) is 16.9 Å². The molecule has 19 heavy (non-hydrogen) atoms. The maximum atomic E-state index is 8.82. The Morgan fingerprint density at radius 3 is 2.16 bits per heavy atom. The first kappa shape index (κ1) is 11.8. The van der Waals surface area contributed by atoms with E-state index in [4.69, 9.17) is 9.68 Å². The van der Waals surface area contributed by atoms with Crippen LogP contribution in [-0.4, -0.2) is 12.7 Å². The van der Waals surface area contributed by atoms with E-state index in [1.807, 2.05) is 48.5 Å². The normalized spacial score (nSPS) is 10.4. The molecule has 3 aromatic rings. The van der Waals surface area contributed by atoms with Gasteiger partial charge in [-0.15, -0.1) is 0 Å². The van der Waals surface area contributed by atoms with Crippen molar-refractivity contribution >= 4 is 18.5 Å². The van der Waals surface area contributed by atoms with Crippen molar-refractivity contribution < 1.29 is 9.68 Å². The Morgan fingerprint density at radius 1 is 0.737 bits per heavy atom. The minimum atomic E-state index is 0.651. The smallest absolute Gasteiger partial charge is 0.537 e. The van der Waals surface area contributed by atoms with Crippen LogP contribution in [0.2, 0.25) is 0 Å². The highest BCUT2D eigenvalue weighted by Gasteiger charge is 2.08. The van der Waals surface area contributed by atoms with E-state index in [-0.39, 0.29) is 0 Å². The van der Waals surface area contributed by atoms with Crippen LogP contribution in [0.3, 0.4) is 0 Å². The van der Waals surface area contributed by atoms with Gasteiger partial charge in [-0.1, -0.05) is 60.7 Å². The summed E-state index contributed by atoms with van der Waals surface area (Å²) in [5.41, 5.74) is 2.32. The molecule has 3 heteroatoms. The number of fused-ring (bicyclic) bond motifs is 1. The maximum Gasteiger partial charge on any atom is 0.569 e. The lowest BCUT2D eigenvalue weighted by atomic mass is 9.97. The number of hydrogen-bond acceptors (Lipinski definition) is 2. The Balaban J connectivity index is 2.25. The van der Waals surface area contributed by atoms with E-state index in [0.29, 0.717) is 13.4 Å². The van der Waals surface area contributed by atoms with Crippen molar-refractivity contribution in [1.82, 2.24) is 0 Å². The van der Waals surface area contributed by atoms with Crippen molar-refractivity contribution in [1.29, 1.82) is 0 Å². The lowest BCUT2D eigenvalue weighted by Gasteiger charge is -2.11. The zero-order valence-corrected chi connectivity index (χ0v) is 10.3. The first-order valence-electron chi connectivity index (χ1n) is 6.10. The van der Waals surface area contributed by atoms with Crippen LogP contribution >= 0.6 is 0 Å². The van der Waals surface area contributed by atoms with Gasteiger partial charge in [0.1, 0.15) is 5.75 Å². The van der Waals surface area contributed by atoms with Crippen LogP contribution < -0.4 is 4.65 Å². The molecule has 0 saturated heterocycles. The van der Waals surface area contributed by atoms with Crippen molar-refractivity contribution in [2.75, 3.05) is 0 Å². The van der Waals surface area contributed by atoms with Crippen LogP contribution in [0.1, 0.15) is 0 Å². The number of benzene rings is 3. The molecule has 0 aliphatic heterocycles. The Labute approximate surface area is 112 Å². The Kier molecular flexibility index (Phi) is 3.21. The third-order valence-corrected chi connectivity index (χ3v) is 3.15. The molecule has 0 saturated carbocycles. The van der Waals surface area contributed by atoms with Gasteiger partial charge in [0.25, 0.3) is 0 Å². The Morgan fingerprint density at radius 2 is 1.42 bits per heavy atom. The van der Waals surface area contributed by atoms with Gasteiger partial charge in [-0.3, -0.25) is 0 Å². The topological polar surface area (TPSA) is 29.5 Å². The van der Waals surface area contributed by atoms with Crippen LogP contribution in [0.15, 0.2) is 66.7 Å². The summed E-state index contributed by atoms with van der Waals surface area (Å²) >= 11 is 0. The largest absolute Gasteiger partial charge is 0.569 e. The fourth-order valence-electron chi connectivity index (χ4n) is 2.30. The quantitative estimate of drug-likeness (QED) is 0.718. The molecule has 0 heterocycles. The molecular formula is C16H12BO2. The highest BCUT2D eigenvalue weighted by atomic mass is 16.5. The van der Waals surface area contributed by atoms with Crippen LogP contribution in [-0.2, 0) is 0 Å². The second-order valence-electron chi connectivity index (χ2n) is 4.25. The van der Waals surface area contributed by atoms with Crippen molar-refractivity contribution in [3.05, 3.63) is 66.7 Å². The summed E-state index contributed by atoms with van der Waals surface area (Å²) in [6.45, 7) is 0. The van der Waals surface area contributed by atoms with E-state index < -0.39 is 0 Å². The number of rotatable bonds is 3. The molecule has 0 aliphatic carbocycles. The zero-order chi connectivity index (χ0) is 13.1. The molecule has 1 N–H and O–H groups in total. The average molecular weight is 247 g/mol. The predicted octanol–water partition coefficient (Wildman–Crippen LogP) is 3.41. The Bertz CT molecular complexity index is 695. The SMILES string of the molecule is O[B]Oc1ccc(-c2ccccc2)c2ccccc12. The first-order valence-corrected chi connectivity index (χ1v) is 6.10. The van der Waals surface area contributed by atoms with Gasteiger partial charge in [-0.05, 0) is 22.6 Å². The molecule has 91 valence electrons. The molecule has 0 unspecified atom stereocenters. The second kappa shape index (κ2) is 5.16. The summed E-state index contributed by atoms with van der Waals surface area (Å²) in [5, 5.41) is 10.9. The van der Waals surface area contributed by atoms with Crippen molar-refractivity contribution in [2.24, 2.45) is 0 Å². The lowest BCUT2D eigenvalue weighted by Crippen LogP contribution is -2.00. The third-order valence-electron chi connectivity index (χ3n) is 3.15. The van der Waals surface area contributed by atoms with E-state index >= 15 is 0 Å². The van der Waals surface area contributed by atoms with Gasteiger partial charge in [0.05, 0.1) is 0 Å². The first-order chi connectivity index (χ1) is 9.40. The number of hydrogen-bond donors (Lipinski definition) is 1. The monoisotopic (exact) mass is 247 g/mol. The molecule has 0 spiro atoms. The van der Waals surface area contributed by atoms with Gasteiger partial charge < -0.3 is 9.68 Å². The van der Waals surface area contributed by atoms with Crippen molar-refractivity contribution in [3.63, 3.8) is 0 Å². The highest BCUT2D eigenvalue weighted by Crippen LogP contribution is 2.34. The summed E-state index contributed by atoms with van der Waals surface area (Å²) in [6, 6.07) is 22.1.